The number of rotatable bonds is 6. The third-order valence-corrected chi connectivity index (χ3v) is 2.29. The summed E-state index contributed by atoms with van der Waals surface area (Å²) in [6.45, 7) is 7.38. The highest BCUT2D eigenvalue weighted by atomic mass is 16.2. The molecule has 0 aromatic heterocycles. The van der Waals surface area contributed by atoms with E-state index < -0.39 is 11.9 Å². The summed E-state index contributed by atoms with van der Waals surface area (Å²) in [4.78, 5) is 22.6. The summed E-state index contributed by atoms with van der Waals surface area (Å²) in [5, 5.41) is 2.62. The van der Waals surface area contributed by atoms with Gasteiger partial charge in [0.2, 0.25) is 11.8 Å². The molecular formula is C11H23N3O2. The smallest absolute Gasteiger partial charge is 0.240 e. The van der Waals surface area contributed by atoms with Gasteiger partial charge in [0, 0.05) is 12.0 Å². The zero-order valence-electron chi connectivity index (χ0n) is 10.5. The summed E-state index contributed by atoms with van der Waals surface area (Å²) in [5.74, 6) is -0.696. The highest BCUT2D eigenvalue weighted by Crippen LogP contribution is 2.08. The Hall–Kier alpha value is -1.10. The molecule has 1 atom stereocenters. The molecule has 0 spiro atoms. The number of hydrogen-bond donors (Lipinski definition) is 3. The summed E-state index contributed by atoms with van der Waals surface area (Å²) >= 11 is 0. The van der Waals surface area contributed by atoms with Gasteiger partial charge in [-0.05, 0) is 26.2 Å². The Morgan fingerprint density at radius 3 is 2.12 bits per heavy atom. The molecule has 0 aromatic rings. The van der Waals surface area contributed by atoms with Crippen molar-refractivity contribution in [1.29, 1.82) is 0 Å². The number of nitrogens with two attached hydrogens (primary N) is 2. The lowest BCUT2D eigenvalue weighted by molar-refractivity contribution is -0.128. The van der Waals surface area contributed by atoms with E-state index in [0.29, 0.717) is 12.8 Å². The Bertz CT molecular complexity index is 256. The normalized spacial score (nSPS) is 13.6. The Labute approximate surface area is 96.9 Å². The van der Waals surface area contributed by atoms with Gasteiger partial charge >= 0.3 is 0 Å². The van der Waals surface area contributed by atoms with Gasteiger partial charge in [0.1, 0.15) is 6.04 Å². The van der Waals surface area contributed by atoms with Crippen molar-refractivity contribution >= 4 is 11.8 Å². The first-order chi connectivity index (χ1) is 7.13. The Morgan fingerprint density at radius 2 is 1.81 bits per heavy atom. The minimum atomic E-state index is -0.603. The summed E-state index contributed by atoms with van der Waals surface area (Å²) < 4.78 is 0. The summed E-state index contributed by atoms with van der Waals surface area (Å²) in [7, 11) is 0. The predicted molar refractivity (Wildman–Crippen MR) is 63.5 cm³/mol. The molecule has 0 rings (SSSR count). The van der Waals surface area contributed by atoms with Gasteiger partial charge in [-0.25, -0.2) is 0 Å². The fraction of sp³-hybridized carbons (Fsp3) is 0.818. The highest BCUT2D eigenvalue weighted by Gasteiger charge is 2.22. The van der Waals surface area contributed by atoms with Crippen molar-refractivity contribution in [1.82, 2.24) is 5.32 Å². The van der Waals surface area contributed by atoms with Crippen LogP contribution < -0.4 is 16.8 Å². The van der Waals surface area contributed by atoms with Crippen molar-refractivity contribution in [2.45, 2.75) is 52.1 Å². The van der Waals surface area contributed by atoms with Crippen LogP contribution in [0.15, 0.2) is 0 Å². The zero-order chi connectivity index (χ0) is 12.9. The van der Waals surface area contributed by atoms with E-state index in [4.69, 9.17) is 11.5 Å². The molecule has 94 valence electrons. The summed E-state index contributed by atoms with van der Waals surface area (Å²) in [5.41, 5.74) is 10.6. The first-order valence-electron chi connectivity index (χ1n) is 5.51. The summed E-state index contributed by atoms with van der Waals surface area (Å²) in [6.07, 6.45) is 0.877. The highest BCUT2D eigenvalue weighted by molar-refractivity contribution is 5.86. The van der Waals surface area contributed by atoms with Crippen molar-refractivity contribution in [2.75, 3.05) is 0 Å². The van der Waals surface area contributed by atoms with E-state index in [1.807, 2.05) is 27.7 Å². The molecule has 5 heteroatoms. The van der Waals surface area contributed by atoms with Crippen LogP contribution in [0, 0.1) is 5.92 Å². The Kier molecular flexibility index (Phi) is 5.44. The fourth-order valence-electron chi connectivity index (χ4n) is 1.25. The van der Waals surface area contributed by atoms with Crippen molar-refractivity contribution in [3.63, 3.8) is 0 Å². The van der Waals surface area contributed by atoms with Crippen molar-refractivity contribution in [3.05, 3.63) is 0 Å². The van der Waals surface area contributed by atoms with Crippen LogP contribution in [0.4, 0.5) is 0 Å². The molecule has 0 bridgehead atoms. The molecule has 5 N–H and O–H groups in total. The minimum Gasteiger partial charge on any atom is -0.368 e. The van der Waals surface area contributed by atoms with E-state index in [-0.39, 0.29) is 17.4 Å². The van der Waals surface area contributed by atoms with E-state index in [0.717, 1.165) is 0 Å². The second kappa shape index (κ2) is 5.84. The molecular weight excluding hydrogens is 206 g/mol. The molecule has 0 aromatic carbocycles. The van der Waals surface area contributed by atoms with Gasteiger partial charge in [-0.3, -0.25) is 9.59 Å². The molecule has 0 fully saturated rings. The third kappa shape index (κ3) is 6.40. The van der Waals surface area contributed by atoms with Gasteiger partial charge in [-0.2, -0.15) is 0 Å². The SMILES string of the molecule is CC(C)C(NC(=O)CCC(C)(C)N)C(N)=O. The van der Waals surface area contributed by atoms with Gasteiger partial charge in [0.05, 0.1) is 0 Å². The van der Waals surface area contributed by atoms with Crippen LogP contribution in [-0.2, 0) is 9.59 Å². The molecule has 0 radical (unpaired) electrons. The van der Waals surface area contributed by atoms with Crippen LogP contribution in [0.1, 0.15) is 40.5 Å². The lowest BCUT2D eigenvalue weighted by atomic mass is 9.99. The van der Waals surface area contributed by atoms with Gasteiger partial charge in [-0.15, -0.1) is 0 Å². The molecule has 0 aliphatic rings. The Morgan fingerprint density at radius 1 is 1.31 bits per heavy atom. The van der Waals surface area contributed by atoms with Crippen LogP contribution in [0.3, 0.4) is 0 Å². The van der Waals surface area contributed by atoms with Crippen LogP contribution in [0.5, 0.6) is 0 Å². The molecule has 0 aliphatic heterocycles. The van der Waals surface area contributed by atoms with Gasteiger partial charge in [0.15, 0.2) is 0 Å². The standard InChI is InChI=1S/C11H23N3O2/c1-7(2)9(10(12)16)14-8(15)5-6-11(3,4)13/h7,9H,5-6,13H2,1-4H3,(H2,12,16)(H,14,15). The maximum Gasteiger partial charge on any atom is 0.240 e. The van der Waals surface area contributed by atoms with Crippen molar-refractivity contribution < 1.29 is 9.59 Å². The maximum absolute atomic E-state index is 11.5. The fourth-order valence-corrected chi connectivity index (χ4v) is 1.25. The molecule has 0 saturated heterocycles. The monoisotopic (exact) mass is 229 g/mol. The van der Waals surface area contributed by atoms with Crippen LogP contribution >= 0.6 is 0 Å². The molecule has 5 nitrogen and oxygen atoms in total. The molecule has 1 unspecified atom stereocenters. The van der Waals surface area contributed by atoms with Gasteiger partial charge in [0.25, 0.3) is 0 Å². The third-order valence-electron chi connectivity index (χ3n) is 2.29. The largest absolute Gasteiger partial charge is 0.368 e. The zero-order valence-corrected chi connectivity index (χ0v) is 10.5. The van der Waals surface area contributed by atoms with Crippen LogP contribution in [-0.4, -0.2) is 23.4 Å². The molecule has 2 amide bonds. The summed E-state index contributed by atoms with van der Waals surface area (Å²) in [6, 6.07) is -0.603. The van der Waals surface area contributed by atoms with Crippen molar-refractivity contribution in [2.24, 2.45) is 17.4 Å². The number of carbonyl (C=O) groups is 2. The quantitative estimate of drug-likeness (QED) is 0.603. The van der Waals surface area contributed by atoms with Crippen LogP contribution in [0.25, 0.3) is 0 Å². The lowest BCUT2D eigenvalue weighted by Crippen LogP contribution is -2.48. The van der Waals surface area contributed by atoms with E-state index >= 15 is 0 Å². The molecule has 0 saturated carbocycles. The topological polar surface area (TPSA) is 98.2 Å². The van der Waals surface area contributed by atoms with E-state index in [2.05, 4.69) is 5.32 Å². The number of amides is 2. The molecule has 0 heterocycles. The second-order valence-corrected chi connectivity index (χ2v) is 5.18. The van der Waals surface area contributed by atoms with Crippen LogP contribution in [0.2, 0.25) is 0 Å². The number of nitrogens with one attached hydrogen (secondary N) is 1. The number of primary amides is 1. The lowest BCUT2D eigenvalue weighted by Gasteiger charge is -2.21. The van der Waals surface area contributed by atoms with E-state index in [1.54, 1.807) is 0 Å². The Balaban J connectivity index is 4.17. The predicted octanol–water partition coefficient (Wildman–Crippen LogP) is 0.130. The van der Waals surface area contributed by atoms with Gasteiger partial charge in [-0.1, -0.05) is 13.8 Å². The van der Waals surface area contributed by atoms with Crippen molar-refractivity contribution in [3.8, 4) is 0 Å². The average Bonchev–Trinajstić information content (AvgIpc) is 2.08. The molecule has 0 aliphatic carbocycles. The maximum atomic E-state index is 11.5. The van der Waals surface area contributed by atoms with E-state index in [9.17, 15) is 9.59 Å². The number of carbonyl (C=O) groups excluding carboxylic acids is 2. The minimum absolute atomic E-state index is 0.00710. The molecule has 16 heavy (non-hydrogen) atoms. The van der Waals surface area contributed by atoms with E-state index in [1.165, 1.54) is 0 Å². The number of hydrogen-bond acceptors (Lipinski definition) is 3. The second-order valence-electron chi connectivity index (χ2n) is 5.18. The first-order valence-corrected chi connectivity index (χ1v) is 5.51. The average molecular weight is 229 g/mol. The van der Waals surface area contributed by atoms with Gasteiger partial charge < -0.3 is 16.8 Å². The first kappa shape index (κ1) is 14.9.